The number of esters is 1. The normalized spacial score (nSPS) is 11.5. The number of hydrogen-bond acceptors (Lipinski definition) is 5. The van der Waals surface area contributed by atoms with E-state index in [-0.39, 0.29) is 25.9 Å². The number of pyridine rings is 1. The minimum absolute atomic E-state index is 0.0741. The Morgan fingerprint density at radius 2 is 2.09 bits per heavy atom. The third-order valence-electron chi connectivity index (χ3n) is 2.72. The number of ether oxygens (including phenoxy) is 1. The van der Waals surface area contributed by atoms with Crippen molar-refractivity contribution in [1.29, 1.82) is 0 Å². The van der Waals surface area contributed by atoms with Crippen LogP contribution in [0.4, 0.5) is 0 Å². The number of halogens is 1. The zero-order valence-electron chi connectivity index (χ0n) is 12.0. The molecule has 120 valence electrons. The van der Waals surface area contributed by atoms with Gasteiger partial charge >= 0.3 is 11.9 Å². The molecule has 0 aliphatic heterocycles. The summed E-state index contributed by atoms with van der Waals surface area (Å²) in [5.41, 5.74) is 0.627. The Labute approximate surface area is 132 Å². The summed E-state index contributed by atoms with van der Waals surface area (Å²) in [4.78, 5) is 37.9. The Morgan fingerprint density at radius 3 is 2.64 bits per heavy atom. The predicted octanol–water partition coefficient (Wildman–Crippen LogP) is 1.19. The van der Waals surface area contributed by atoms with Gasteiger partial charge in [0.25, 0.3) is 0 Å². The standard InChI is InChI=1S/C14H17ClN2O5/c1-2-22-13(19)6-5-12(18)17-10(14(20)21)7-9-3-4-11(15)16-8-9/h3-4,8,10H,2,5-7H2,1H3,(H,17,18)(H,20,21)/t10-/m1/s1. The van der Waals surface area contributed by atoms with Gasteiger partial charge < -0.3 is 15.2 Å². The highest BCUT2D eigenvalue weighted by Gasteiger charge is 2.21. The monoisotopic (exact) mass is 328 g/mol. The topological polar surface area (TPSA) is 106 Å². The van der Waals surface area contributed by atoms with Crippen molar-refractivity contribution >= 4 is 29.4 Å². The zero-order chi connectivity index (χ0) is 16.5. The number of hydrogen-bond donors (Lipinski definition) is 2. The fourth-order valence-corrected chi connectivity index (χ4v) is 1.79. The first kappa shape index (κ1) is 17.9. The van der Waals surface area contributed by atoms with Gasteiger partial charge in [-0.2, -0.15) is 0 Å². The first-order valence-electron chi connectivity index (χ1n) is 6.70. The van der Waals surface area contributed by atoms with Crippen molar-refractivity contribution in [2.75, 3.05) is 6.61 Å². The van der Waals surface area contributed by atoms with Crippen LogP contribution in [0.2, 0.25) is 5.15 Å². The average Bonchev–Trinajstić information content (AvgIpc) is 2.47. The van der Waals surface area contributed by atoms with Gasteiger partial charge in [0.15, 0.2) is 0 Å². The lowest BCUT2D eigenvalue weighted by molar-refractivity contribution is -0.144. The number of carbonyl (C=O) groups is 3. The van der Waals surface area contributed by atoms with Crippen LogP contribution in [0, 0.1) is 0 Å². The van der Waals surface area contributed by atoms with Crippen LogP contribution in [0.5, 0.6) is 0 Å². The van der Waals surface area contributed by atoms with Crippen molar-refractivity contribution in [3.05, 3.63) is 29.0 Å². The second-order valence-corrected chi connectivity index (χ2v) is 4.84. The lowest BCUT2D eigenvalue weighted by Gasteiger charge is -2.14. The van der Waals surface area contributed by atoms with E-state index in [1.165, 1.54) is 6.20 Å². The molecule has 0 unspecified atom stereocenters. The molecule has 0 saturated heterocycles. The Balaban J connectivity index is 2.53. The molecule has 0 spiro atoms. The van der Waals surface area contributed by atoms with Gasteiger partial charge in [0, 0.05) is 19.0 Å². The van der Waals surface area contributed by atoms with Gasteiger partial charge in [-0.1, -0.05) is 17.7 Å². The third kappa shape index (κ3) is 6.53. The van der Waals surface area contributed by atoms with E-state index >= 15 is 0 Å². The number of carboxylic acid groups (broad SMARTS) is 1. The van der Waals surface area contributed by atoms with Crippen LogP contribution in [0.3, 0.4) is 0 Å². The summed E-state index contributed by atoms with van der Waals surface area (Å²) in [5, 5.41) is 11.8. The quantitative estimate of drug-likeness (QED) is 0.548. The van der Waals surface area contributed by atoms with Gasteiger partial charge in [0.2, 0.25) is 5.91 Å². The molecule has 8 heteroatoms. The number of rotatable bonds is 8. The SMILES string of the molecule is CCOC(=O)CCC(=O)N[C@H](Cc1ccc(Cl)nc1)C(=O)O. The lowest BCUT2D eigenvalue weighted by atomic mass is 10.1. The van der Waals surface area contributed by atoms with E-state index in [2.05, 4.69) is 10.3 Å². The first-order chi connectivity index (χ1) is 10.4. The van der Waals surface area contributed by atoms with Crippen molar-refractivity contribution in [1.82, 2.24) is 10.3 Å². The summed E-state index contributed by atoms with van der Waals surface area (Å²) in [6.45, 7) is 1.90. The number of carbonyl (C=O) groups excluding carboxylic acids is 2. The molecule has 22 heavy (non-hydrogen) atoms. The van der Waals surface area contributed by atoms with E-state index in [0.29, 0.717) is 10.7 Å². The molecular weight excluding hydrogens is 312 g/mol. The molecule has 0 aliphatic carbocycles. The number of aliphatic carboxylic acids is 1. The molecule has 0 bridgehead atoms. The molecule has 0 fully saturated rings. The van der Waals surface area contributed by atoms with Crippen molar-refractivity contribution in [2.24, 2.45) is 0 Å². The number of nitrogens with zero attached hydrogens (tertiary/aromatic N) is 1. The first-order valence-corrected chi connectivity index (χ1v) is 7.08. The van der Waals surface area contributed by atoms with Gasteiger partial charge in [0.05, 0.1) is 13.0 Å². The Morgan fingerprint density at radius 1 is 1.36 bits per heavy atom. The van der Waals surface area contributed by atoms with Crippen molar-refractivity contribution in [2.45, 2.75) is 32.2 Å². The van der Waals surface area contributed by atoms with E-state index in [1.807, 2.05) is 0 Å². The molecule has 0 aromatic carbocycles. The fraction of sp³-hybridized carbons (Fsp3) is 0.429. The van der Waals surface area contributed by atoms with Gasteiger partial charge in [-0.3, -0.25) is 9.59 Å². The number of nitrogens with one attached hydrogen (secondary N) is 1. The maximum absolute atomic E-state index is 11.7. The molecule has 0 saturated carbocycles. The van der Waals surface area contributed by atoms with Crippen LogP contribution in [0.1, 0.15) is 25.3 Å². The van der Waals surface area contributed by atoms with E-state index in [9.17, 15) is 14.4 Å². The van der Waals surface area contributed by atoms with E-state index < -0.39 is 23.9 Å². The Hall–Kier alpha value is -2.15. The molecule has 1 atom stereocenters. The molecule has 2 N–H and O–H groups in total. The van der Waals surface area contributed by atoms with Gasteiger partial charge in [-0.05, 0) is 18.6 Å². The molecule has 1 heterocycles. The van der Waals surface area contributed by atoms with Crippen molar-refractivity contribution < 1.29 is 24.2 Å². The zero-order valence-corrected chi connectivity index (χ0v) is 12.8. The van der Waals surface area contributed by atoms with Gasteiger partial charge in [-0.15, -0.1) is 0 Å². The van der Waals surface area contributed by atoms with Crippen LogP contribution in [0.25, 0.3) is 0 Å². The largest absolute Gasteiger partial charge is 0.480 e. The van der Waals surface area contributed by atoms with Crippen molar-refractivity contribution in [3.8, 4) is 0 Å². The minimum atomic E-state index is -1.17. The van der Waals surface area contributed by atoms with E-state index in [0.717, 1.165) is 0 Å². The van der Waals surface area contributed by atoms with E-state index in [1.54, 1.807) is 19.1 Å². The summed E-state index contributed by atoms with van der Waals surface area (Å²) in [7, 11) is 0. The molecular formula is C14H17ClN2O5. The highest BCUT2D eigenvalue weighted by Crippen LogP contribution is 2.08. The maximum atomic E-state index is 11.7. The number of aromatic nitrogens is 1. The van der Waals surface area contributed by atoms with Gasteiger partial charge in [-0.25, -0.2) is 9.78 Å². The van der Waals surface area contributed by atoms with Crippen LogP contribution < -0.4 is 5.32 Å². The minimum Gasteiger partial charge on any atom is -0.480 e. The van der Waals surface area contributed by atoms with Crippen LogP contribution in [-0.4, -0.2) is 40.6 Å². The third-order valence-corrected chi connectivity index (χ3v) is 2.95. The molecule has 1 rings (SSSR count). The summed E-state index contributed by atoms with van der Waals surface area (Å²) < 4.78 is 4.70. The van der Waals surface area contributed by atoms with Crippen LogP contribution in [-0.2, 0) is 25.5 Å². The summed E-state index contributed by atoms with van der Waals surface area (Å²) in [5.74, 6) is -2.19. The summed E-state index contributed by atoms with van der Waals surface area (Å²) in [6.07, 6.45) is 1.31. The Kier molecular flexibility index (Phi) is 7.31. The second-order valence-electron chi connectivity index (χ2n) is 4.46. The summed E-state index contributed by atoms with van der Waals surface area (Å²) >= 11 is 5.65. The number of carboxylic acids is 1. The van der Waals surface area contributed by atoms with Crippen LogP contribution in [0.15, 0.2) is 18.3 Å². The fourth-order valence-electron chi connectivity index (χ4n) is 1.68. The smallest absolute Gasteiger partial charge is 0.326 e. The molecule has 7 nitrogen and oxygen atoms in total. The molecule has 1 aromatic rings. The number of amides is 1. The van der Waals surface area contributed by atoms with Gasteiger partial charge in [0.1, 0.15) is 11.2 Å². The maximum Gasteiger partial charge on any atom is 0.326 e. The predicted molar refractivity (Wildman–Crippen MR) is 78.4 cm³/mol. The highest BCUT2D eigenvalue weighted by atomic mass is 35.5. The second kappa shape index (κ2) is 8.99. The van der Waals surface area contributed by atoms with Crippen LogP contribution >= 0.6 is 11.6 Å². The Bertz CT molecular complexity index is 533. The van der Waals surface area contributed by atoms with Crippen molar-refractivity contribution in [3.63, 3.8) is 0 Å². The molecule has 1 amide bonds. The van der Waals surface area contributed by atoms with E-state index in [4.69, 9.17) is 21.4 Å². The highest BCUT2D eigenvalue weighted by molar-refractivity contribution is 6.29. The molecule has 1 aromatic heterocycles. The molecule has 0 aliphatic rings. The lowest BCUT2D eigenvalue weighted by Crippen LogP contribution is -2.42. The molecule has 0 radical (unpaired) electrons. The summed E-state index contributed by atoms with van der Waals surface area (Å²) in [6, 6.07) is 2.08. The average molecular weight is 329 g/mol.